The molecule has 9 heavy (non-hydrogen) atoms. The van der Waals surface area contributed by atoms with Crippen LogP contribution in [0.5, 0.6) is 0 Å². The minimum absolute atomic E-state index is 0.709. The topological polar surface area (TPSA) is 17.1 Å². The van der Waals surface area contributed by atoms with Crippen molar-refractivity contribution in [2.45, 2.75) is 6.92 Å². The van der Waals surface area contributed by atoms with Gasteiger partial charge in [-0.1, -0.05) is 18.1 Å². The minimum atomic E-state index is 0.709. The van der Waals surface area contributed by atoms with Crippen LogP contribution in [-0.4, -0.2) is 6.29 Å². The van der Waals surface area contributed by atoms with E-state index in [1.165, 1.54) is 6.08 Å². The van der Waals surface area contributed by atoms with Crippen molar-refractivity contribution in [2.75, 3.05) is 0 Å². The molecule has 0 aromatic carbocycles. The van der Waals surface area contributed by atoms with Gasteiger partial charge in [0.2, 0.25) is 0 Å². The maximum Gasteiger partial charge on any atom is 0.142 e. The third-order valence-corrected chi connectivity index (χ3v) is 0.764. The first-order valence-electron chi connectivity index (χ1n) is 2.56. The first kappa shape index (κ1) is 7.71. The number of terminal acetylenes is 1. The molecule has 0 aliphatic carbocycles. The van der Waals surface area contributed by atoms with Gasteiger partial charge in [-0.05, 0) is 18.6 Å². The molecule has 0 bridgehead atoms. The summed E-state index contributed by atoms with van der Waals surface area (Å²) in [6, 6.07) is 0. The van der Waals surface area contributed by atoms with Gasteiger partial charge in [0.05, 0.1) is 0 Å². The van der Waals surface area contributed by atoms with E-state index in [1.54, 1.807) is 19.1 Å². The van der Waals surface area contributed by atoms with E-state index < -0.39 is 0 Å². The molecule has 1 nitrogen and oxygen atoms in total. The van der Waals surface area contributed by atoms with Crippen molar-refractivity contribution >= 4 is 6.29 Å². The third-order valence-electron chi connectivity index (χ3n) is 0.764. The highest BCUT2D eigenvalue weighted by atomic mass is 16.1. The average Bonchev–Trinajstić information content (AvgIpc) is 1.89. The Bertz CT molecular complexity index is 179. The molecular formula is C8H8O. The lowest BCUT2D eigenvalue weighted by atomic mass is 10.3. The second-order valence-electron chi connectivity index (χ2n) is 1.51. The molecule has 0 N–H and O–H groups in total. The Hall–Kier alpha value is -1.29. The molecule has 0 atom stereocenters. The van der Waals surface area contributed by atoms with Gasteiger partial charge < -0.3 is 0 Å². The highest BCUT2D eigenvalue weighted by Crippen LogP contribution is 1.87. The second-order valence-corrected chi connectivity index (χ2v) is 1.51. The van der Waals surface area contributed by atoms with Crippen LogP contribution in [0.4, 0.5) is 0 Å². The van der Waals surface area contributed by atoms with E-state index in [2.05, 4.69) is 5.92 Å². The lowest BCUT2D eigenvalue weighted by Gasteiger charge is -1.77. The van der Waals surface area contributed by atoms with Crippen molar-refractivity contribution in [1.82, 2.24) is 0 Å². The molecule has 0 saturated carbocycles. The quantitative estimate of drug-likeness (QED) is 0.232. The standard InChI is InChI=1S/C8H8O/c1-3-8(2)6-4-5-7-9/h1,4-7H,2H3/b5-4+,8-6+. The zero-order valence-electron chi connectivity index (χ0n) is 5.29. The van der Waals surface area contributed by atoms with E-state index in [-0.39, 0.29) is 0 Å². The van der Waals surface area contributed by atoms with Crippen LogP contribution < -0.4 is 0 Å². The molecule has 0 aliphatic heterocycles. The number of allylic oxidation sites excluding steroid dienone is 4. The highest BCUT2D eigenvalue weighted by Gasteiger charge is 1.72. The van der Waals surface area contributed by atoms with Gasteiger partial charge in [-0.3, -0.25) is 4.79 Å². The van der Waals surface area contributed by atoms with Crippen LogP contribution in [0.15, 0.2) is 23.8 Å². The van der Waals surface area contributed by atoms with Gasteiger partial charge >= 0.3 is 0 Å². The highest BCUT2D eigenvalue weighted by molar-refractivity contribution is 5.65. The van der Waals surface area contributed by atoms with Gasteiger partial charge in [-0.2, -0.15) is 0 Å². The van der Waals surface area contributed by atoms with Gasteiger partial charge in [0.15, 0.2) is 0 Å². The smallest absolute Gasteiger partial charge is 0.142 e. The lowest BCUT2D eigenvalue weighted by Crippen LogP contribution is -1.63. The second kappa shape index (κ2) is 4.86. The average molecular weight is 120 g/mol. The molecule has 0 rings (SSSR count). The monoisotopic (exact) mass is 120 g/mol. The van der Waals surface area contributed by atoms with E-state index in [9.17, 15) is 4.79 Å². The molecule has 0 amide bonds. The zero-order chi connectivity index (χ0) is 7.11. The predicted molar refractivity (Wildman–Crippen MR) is 37.8 cm³/mol. The van der Waals surface area contributed by atoms with E-state index in [1.807, 2.05) is 0 Å². The Morgan fingerprint density at radius 3 is 2.67 bits per heavy atom. The van der Waals surface area contributed by atoms with Gasteiger partial charge in [-0.25, -0.2) is 0 Å². The summed E-state index contributed by atoms with van der Waals surface area (Å²) in [5, 5.41) is 0. The summed E-state index contributed by atoms with van der Waals surface area (Å²) in [4.78, 5) is 9.71. The van der Waals surface area contributed by atoms with Gasteiger partial charge in [0.1, 0.15) is 6.29 Å². The number of hydrogen-bond acceptors (Lipinski definition) is 1. The van der Waals surface area contributed by atoms with Crippen LogP contribution in [-0.2, 0) is 4.79 Å². The number of carbonyl (C=O) groups is 1. The van der Waals surface area contributed by atoms with Crippen LogP contribution in [0.25, 0.3) is 0 Å². The molecule has 0 unspecified atom stereocenters. The first-order chi connectivity index (χ1) is 4.31. The molecule has 0 heterocycles. The minimum Gasteiger partial charge on any atom is -0.299 e. The Balaban J connectivity index is 3.86. The van der Waals surface area contributed by atoms with Crippen molar-refractivity contribution in [3.05, 3.63) is 23.8 Å². The van der Waals surface area contributed by atoms with Crippen LogP contribution in [0.2, 0.25) is 0 Å². The molecule has 0 spiro atoms. The van der Waals surface area contributed by atoms with Crippen LogP contribution >= 0.6 is 0 Å². The number of aldehydes is 1. The SMILES string of the molecule is C#C/C(C)=C/C=C/C=O. The van der Waals surface area contributed by atoms with Crippen LogP contribution in [0.1, 0.15) is 6.92 Å². The summed E-state index contributed by atoms with van der Waals surface area (Å²) in [5.74, 6) is 2.42. The maximum absolute atomic E-state index is 9.71. The molecule has 1 heteroatoms. The van der Waals surface area contributed by atoms with E-state index in [4.69, 9.17) is 6.42 Å². The summed E-state index contributed by atoms with van der Waals surface area (Å²) >= 11 is 0. The predicted octanol–water partition coefficient (Wildman–Crippen LogP) is 1.32. The molecule has 0 radical (unpaired) electrons. The van der Waals surface area contributed by atoms with Gasteiger partial charge in [0.25, 0.3) is 0 Å². The summed E-state index contributed by atoms with van der Waals surface area (Å²) in [7, 11) is 0. The largest absolute Gasteiger partial charge is 0.299 e. The number of hydrogen-bond donors (Lipinski definition) is 0. The fourth-order valence-corrected chi connectivity index (χ4v) is 0.293. The number of rotatable bonds is 2. The Kier molecular flexibility index (Phi) is 4.16. The first-order valence-corrected chi connectivity index (χ1v) is 2.56. The fraction of sp³-hybridized carbons (Fsp3) is 0.125. The lowest BCUT2D eigenvalue weighted by molar-refractivity contribution is -0.104. The third kappa shape index (κ3) is 4.57. The van der Waals surface area contributed by atoms with Gasteiger partial charge in [-0.15, -0.1) is 6.42 Å². The summed E-state index contributed by atoms with van der Waals surface area (Å²) < 4.78 is 0. The molecule has 0 aromatic rings. The normalized spacial score (nSPS) is 11.3. The van der Waals surface area contributed by atoms with Crippen molar-refractivity contribution in [2.24, 2.45) is 0 Å². The van der Waals surface area contributed by atoms with Gasteiger partial charge in [0, 0.05) is 0 Å². The zero-order valence-corrected chi connectivity index (χ0v) is 5.29. The van der Waals surface area contributed by atoms with Crippen molar-refractivity contribution in [3.8, 4) is 12.3 Å². The molecule has 0 fully saturated rings. The summed E-state index contributed by atoms with van der Waals surface area (Å²) in [6.07, 6.45) is 10.4. The van der Waals surface area contributed by atoms with E-state index in [0.717, 1.165) is 5.57 Å². The summed E-state index contributed by atoms with van der Waals surface area (Å²) in [5.41, 5.74) is 0.813. The van der Waals surface area contributed by atoms with Crippen LogP contribution in [0, 0.1) is 12.3 Å². The molecular weight excluding hydrogens is 112 g/mol. The Morgan fingerprint density at radius 2 is 2.22 bits per heavy atom. The van der Waals surface area contributed by atoms with E-state index >= 15 is 0 Å². The molecule has 0 aromatic heterocycles. The molecule has 0 aliphatic rings. The Labute approximate surface area is 55.1 Å². The molecule has 0 saturated heterocycles. The van der Waals surface area contributed by atoms with Crippen molar-refractivity contribution in [1.29, 1.82) is 0 Å². The molecule has 46 valence electrons. The summed E-state index contributed by atoms with van der Waals surface area (Å²) in [6.45, 7) is 1.80. The fourth-order valence-electron chi connectivity index (χ4n) is 0.293. The van der Waals surface area contributed by atoms with Crippen molar-refractivity contribution < 1.29 is 4.79 Å². The maximum atomic E-state index is 9.71. The number of carbonyl (C=O) groups excluding carboxylic acids is 1. The Morgan fingerprint density at radius 1 is 1.56 bits per heavy atom. The van der Waals surface area contributed by atoms with Crippen molar-refractivity contribution in [3.63, 3.8) is 0 Å². The van der Waals surface area contributed by atoms with E-state index in [0.29, 0.717) is 6.29 Å². The van der Waals surface area contributed by atoms with Crippen LogP contribution in [0.3, 0.4) is 0 Å².